The molecular formula is C27H48OSi. The van der Waals surface area contributed by atoms with E-state index in [1.807, 2.05) is 0 Å². The molecule has 2 heteroatoms. The maximum absolute atomic E-state index is 7.24. The Bertz CT molecular complexity index is 658. The number of hydrogen-bond acceptors (Lipinski definition) is 1. The summed E-state index contributed by atoms with van der Waals surface area (Å²) in [5.41, 5.74) is 2.69. The third-order valence-electron chi connectivity index (χ3n) is 11.0. The second-order valence-electron chi connectivity index (χ2n) is 13.1. The Balaban J connectivity index is 1.66. The Morgan fingerprint density at radius 3 is 2.45 bits per heavy atom. The van der Waals surface area contributed by atoms with Crippen LogP contribution in [0.25, 0.3) is 0 Å². The minimum Gasteiger partial charge on any atom is -0.413 e. The van der Waals surface area contributed by atoms with Crippen LogP contribution < -0.4 is 0 Å². The summed E-state index contributed by atoms with van der Waals surface area (Å²) in [7, 11) is -1.76. The Hall–Kier alpha value is -0.0831. The molecule has 0 bridgehead atoms. The SMILES string of the molecule is CC[C@H]1CC[C@H]2[C@@H]3CC=C4CCCC(O[Si](C)(C)C(C)(C)C)[C@]4(C)[C@H]3CC[C@]12C. The van der Waals surface area contributed by atoms with Gasteiger partial charge in [-0.15, -0.1) is 0 Å². The number of rotatable bonds is 3. The van der Waals surface area contributed by atoms with Crippen molar-refractivity contribution in [1.29, 1.82) is 0 Å². The van der Waals surface area contributed by atoms with Crippen LogP contribution in [-0.4, -0.2) is 14.4 Å². The topological polar surface area (TPSA) is 9.23 Å². The molecule has 0 aromatic rings. The van der Waals surface area contributed by atoms with Crippen molar-refractivity contribution in [3.05, 3.63) is 11.6 Å². The average Bonchev–Trinajstić information content (AvgIpc) is 2.97. The highest BCUT2D eigenvalue weighted by atomic mass is 28.4. The third kappa shape index (κ3) is 3.25. The van der Waals surface area contributed by atoms with Crippen LogP contribution >= 0.6 is 0 Å². The van der Waals surface area contributed by atoms with Crippen molar-refractivity contribution in [2.45, 2.75) is 124 Å². The van der Waals surface area contributed by atoms with Crippen LogP contribution in [0.3, 0.4) is 0 Å². The van der Waals surface area contributed by atoms with Crippen LogP contribution in [0.1, 0.15) is 99.3 Å². The predicted molar refractivity (Wildman–Crippen MR) is 128 cm³/mol. The van der Waals surface area contributed by atoms with Crippen molar-refractivity contribution in [2.75, 3.05) is 0 Å². The highest BCUT2D eigenvalue weighted by molar-refractivity contribution is 6.74. The van der Waals surface area contributed by atoms with E-state index in [9.17, 15) is 0 Å². The van der Waals surface area contributed by atoms with Gasteiger partial charge in [0, 0.05) is 5.41 Å². The van der Waals surface area contributed by atoms with Gasteiger partial charge in [-0.25, -0.2) is 0 Å². The first-order chi connectivity index (χ1) is 13.4. The van der Waals surface area contributed by atoms with E-state index in [1.54, 1.807) is 5.57 Å². The summed E-state index contributed by atoms with van der Waals surface area (Å²) in [6, 6.07) is 0. The fourth-order valence-corrected chi connectivity index (χ4v) is 9.61. The van der Waals surface area contributed by atoms with Crippen LogP contribution in [0.4, 0.5) is 0 Å². The van der Waals surface area contributed by atoms with Gasteiger partial charge in [0.15, 0.2) is 8.32 Å². The average molecular weight is 417 g/mol. The lowest BCUT2D eigenvalue weighted by Crippen LogP contribution is -2.57. The van der Waals surface area contributed by atoms with Crippen LogP contribution in [0.5, 0.6) is 0 Å². The summed E-state index contributed by atoms with van der Waals surface area (Å²) in [6.45, 7) is 19.9. The number of fused-ring (bicyclic) bond motifs is 5. The zero-order valence-corrected chi connectivity index (χ0v) is 21.7. The molecule has 29 heavy (non-hydrogen) atoms. The van der Waals surface area contributed by atoms with Crippen molar-refractivity contribution in [2.24, 2.45) is 34.5 Å². The number of hydrogen-bond donors (Lipinski definition) is 0. The van der Waals surface area contributed by atoms with Crippen molar-refractivity contribution >= 4 is 8.32 Å². The van der Waals surface area contributed by atoms with Gasteiger partial charge in [0.1, 0.15) is 0 Å². The van der Waals surface area contributed by atoms with Crippen molar-refractivity contribution < 1.29 is 4.43 Å². The molecule has 0 spiro atoms. The number of allylic oxidation sites excluding steroid dienone is 1. The zero-order valence-electron chi connectivity index (χ0n) is 20.7. The minimum absolute atomic E-state index is 0.294. The summed E-state index contributed by atoms with van der Waals surface area (Å²) in [5.74, 6) is 3.68. The van der Waals surface area contributed by atoms with Crippen molar-refractivity contribution in [3.63, 3.8) is 0 Å². The molecule has 3 fully saturated rings. The second-order valence-corrected chi connectivity index (χ2v) is 17.9. The molecule has 4 aliphatic carbocycles. The van der Waals surface area contributed by atoms with E-state index in [0.29, 0.717) is 22.0 Å². The molecule has 0 aliphatic heterocycles. The largest absolute Gasteiger partial charge is 0.413 e. The Morgan fingerprint density at radius 2 is 1.79 bits per heavy atom. The molecule has 0 heterocycles. The lowest BCUT2D eigenvalue weighted by atomic mass is 9.47. The van der Waals surface area contributed by atoms with Gasteiger partial charge in [-0.3, -0.25) is 0 Å². The van der Waals surface area contributed by atoms with Crippen LogP contribution in [0.15, 0.2) is 11.6 Å². The maximum Gasteiger partial charge on any atom is 0.192 e. The summed E-state index contributed by atoms with van der Waals surface area (Å²) < 4.78 is 7.24. The van der Waals surface area contributed by atoms with Gasteiger partial charge in [0.25, 0.3) is 0 Å². The van der Waals surface area contributed by atoms with E-state index in [4.69, 9.17) is 4.43 Å². The van der Waals surface area contributed by atoms with Gasteiger partial charge in [-0.05, 0) is 98.6 Å². The Morgan fingerprint density at radius 1 is 1.07 bits per heavy atom. The molecule has 1 nitrogen and oxygen atoms in total. The summed E-state index contributed by atoms with van der Waals surface area (Å²) in [5, 5.41) is 0.295. The summed E-state index contributed by atoms with van der Waals surface area (Å²) in [4.78, 5) is 0. The van der Waals surface area contributed by atoms with E-state index < -0.39 is 8.32 Å². The first-order valence-electron chi connectivity index (χ1n) is 12.8. The maximum atomic E-state index is 7.24. The van der Waals surface area contributed by atoms with E-state index in [2.05, 4.69) is 60.7 Å². The highest BCUT2D eigenvalue weighted by Crippen LogP contribution is 2.67. The molecule has 0 N–H and O–H groups in total. The molecule has 3 saturated carbocycles. The van der Waals surface area contributed by atoms with E-state index >= 15 is 0 Å². The monoisotopic (exact) mass is 416 g/mol. The summed E-state index contributed by atoms with van der Waals surface area (Å²) in [6.07, 6.45) is 15.7. The van der Waals surface area contributed by atoms with Gasteiger partial charge >= 0.3 is 0 Å². The fraction of sp³-hybridized carbons (Fsp3) is 0.926. The lowest BCUT2D eigenvalue weighted by Gasteiger charge is -2.60. The molecule has 0 saturated heterocycles. The molecule has 0 aromatic heterocycles. The molecule has 0 radical (unpaired) electrons. The first kappa shape index (κ1) is 22.1. The smallest absolute Gasteiger partial charge is 0.192 e. The van der Waals surface area contributed by atoms with Gasteiger partial charge in [0.2, 0.25) is 0 Å². The second kappa shape index (κ2) is 7.22. The zero-order chi connectivity index (χ0) is 21.2. The molecular weight excluding hydrogens is 368 g/mol. The highest BCUT2D eigenvalue weighted by Gasteiger charge is 2.60. The molecule has 7 atom stereocenters. The van der Waals surface area contributed by atoms with E-state index in [1.165, 1.54) is 57.8 Å². The van der Waals surface area contributed by atoms with Gasteiger partial charge < -0.3 is 4.43 Å². The Kier molecular flexibility index (Phi) is 5.51. The van der Waals surface area contributed by atoms with Crippen molar-refractivity contribution in [1.82, 2.24) is 0 Å². The van der Waals surface area contributed by atoms with Gasteiger partial charge in [0.05, 0.1) is 6.10 Å². The predicted octanol–water partition coefficient (Wildman–Crippen LogP) is 8.37. The molecule has 166 valence electrons. The normalized spacial score (nSPS) is 45.2. The van der Waals surface area contributed by atoms with E-state index in [-0.39, 0.29) is 0 Å². The third-order valence-corrected chi connectivity index (χ3v) is 15.5. The van der Waals surface area contributed by atoms with Gasteiger partial charge in [-0.2, -0.15) is 0 Å². The van der Waals surface area contributed by atoms with Crippen molar-refractivity contribution in [3.8, 4) is 0 Å². The summed E-state index contributed by atoms with van der Waals surface area (Å²) >= 11 is 0. The first-order valence-corrected chi connectivity index (χ1v) is 15.7. The van der Waals surface area contributed by atoms with Crippen LogP contribution in [0.2, 0.25) is 18.1 Å². The van der Waals surface area contributed by atoms with Crippen LogP contribution in [-0.2, 0) is 4.43 Å². The fourth-order valence-electron chi connectivity index (χ4n) is 8.18. The molecule has 4 rings (SSSR count). The van der Waals surface area contributed by atoms with Gasteiger partial charge in [-0.1, -0.05) is 59.6 Å². The van der Waals surface area contributed by atoms with E-state index in [0.717, 1.165) is 23.7 Å². The lowest BCUT2D eigenvalue weighted by molar-refractivity contribution is -0.0848. The van der Waals surface area contributed by atoms with Crippen LogP contribution in [0, 0.1) is 34.5 Å². The molecule has 1 unspecified atom stereocenters. The standard InChI is InChI=1S/C27H48OSi/c1-9-19-14-16-22-21-15-13-20-11-10-12-24(28-29(7,8)25(2,3)4)27(20,6)23(21)17-18-26(19,22)5/h13,19,21-24H,9-12,14-18H2,1-8H3/t19-,21-,22-,23-,24?,26+,27-/m0/s1. The minimum atomic E-state index is -1.76. The quantitative estimate of drug-likeness (QED) is 0.331. The molecule has 4 aliphatic rings. The Labute approximate surface area is 182 Å². The molecule has 0 aromatic carbocycles. The molecule has 0 amide bonds.